The summed E-state index contributed by atoms with van der Waals surface area (Å²) in [6.07, 6.45) is 3.37. The quantitative estimate of drug-likeness (QED) is 0.777. The Morgan fingerprint density at radius 3 is 2.77 bits per heavy atom. The highest BCUT2D eigenvalue weighted by molar-refractivity contribution is 5.90. The first kappa shape index (κ1) is 16.1. The Kier molecular flexibility index (Phi) is 4.22. The van der Waals surface area contributed by atoms with Gasteiger partial charge in [-0.25, -0.2) is 4.79 Å². The molecule has 0 saturated carbocycles. The van der Waals surface area contributed by atoms with Crippen LogP contribution in [0.5, 0.6) is 5.75 Å². The Hall–Kier alpha value is -3.42. The summed E-state index contributed by atoms with van der Waals surface area (Å²) < 4.78 is 10.4. The van der Waals surface area contributed by atoms with Gasteiger partial charge in [0, 0.05) is 36.7 Å². The molecular weight excluding hydrogens is 334 g/mol. The van der Waals surface area contributed by atoms with E-state index >= 15 is 0 Å². The fourth-order valence-corrected chi connectivity index (χ4v) is 2.69. The van der Waals surface area contributed by atoms with Crippen LogP contribution in [-0.4, -0.2) is 46.3 Å². The second kappa shape index (κ2) is 6.83. The first-order chi connectivity index (χ1) is 12.7. The number of benzene rings is 1. The number of nitrogens with one attached hydrogen (secondary N) is 1. The third-order valence-electron chi connectivity index (χ3n) is 4.22. The number of ether oxygens (including phenoxy) is 1. The number of hydrogen-bond donors (Lipinski definition) is 1. The number of carbonyl (C=O) groups excluding carboxylic acids is 1. The molecule has 0 unspecified atom stereocenters. The molecular formula is C18H17N5O3. The molecule has 1 N–H and O–H groups in total. The zero-order chi connectivity index (χ0) is 17.9. The Bertz CT molecular complexity index is 889. The number of hydrogen-bond acceptors (Lipinski definition) is 6. The van der Waals surface area contributed by atoms with E-state index in [9.17, 15) is 4.79 Å². The lowest BCUT2D eigenvalue weighted by molar-refractivity contribution is 0.147. The van der Waals surface area contributed by atoms with Crippen molar-refractivity contribution in [3.05, 3.63) is 54.7 Å². The number of aromatic nitrogens is 3. The first-order valence-corrected chi connectivity index (χ1v) is 8.17. The summed E-state index contributed by atoms with van der Waals surface area (Å²) in [5, 5.41) is 6.84. The zero-order valence-corrected chi connectivity index (χ0v) is 14.1. The van der Waals surface area contributed by atoms with Crippen LogP contribution in [0, 0.1) is 0 Å². The highest BCUT2D eigenvalue weighted by Gasteiger charge is 2.35. The molecule has 3 heterocycles. The average Bonchev–Trinajstić information content (AvgIpc) is 3.11. The van der Waals surface area contributed by atoms with E-state index in [2.05, 4.69) is 20.4 Å². The number of amides is 2. The monoisotopic (exact) mass is 351 g/mol. The molecule has 0 atom stereocenters. The van der Waals surface area contributed by atoms with E-state index in [0.717, 1.165) is 17.0 Å². The molecule has 0 aliphatic carbocycles. The molecule has 0 bridgehead atoms. The molecule has 26 heavy (non-hydrogen) atoms. The number of pyridine rings is 1. The van der Waals surface area contributed by atoms with Gasteiger partial charge in [0.05, 0.1) is 13.0 Å². The maximum Gasteiger partial charge on any atom is 0.321 e. The summed E-state index contributed by atoms with van der Waals surface area (Å²) in [7, 11) is 1.60. The minimum Gasteiger partial charge on any atom is -0.497 e. The van der Waals surface area contributed by atoms with E-state index in [4.69, 9.17) is 9.26 Å². The molecule has 8 nitrogen and oxygen atoms in total. The van der Waals surface area contributed by atoms with E-state index in [1.54, 1.807) is 48.7 Å². The lowest BCUT2D eigenvalue weighted by atomic mass is 10.0. The second-order valence-electron chi connectivity index (χ2n) is 5.96. The van der Waals surface area contributed by atoms with E-state index in [-0.39, 0.29) is 11.9 Å². The molecule has 1 aliphatic rings. The van der Waals surface area contributed by atoms with Crippen LogP contribution in [0.25, 0.3) is 11.4 Å². The molecule has 1 fully saturated rings. The summed E-state index contributed by atoms with van der Waals surface area (Å²) >= 11 is 0. The normalized spacial score (nSPS) is 14.0. The highest BCUT2D eigenvalue weighted by atomic mass is 16.5. The number of methoxy groups -OCH3 is 1. The maximum absolute atomic E-state index is 12.3. The number of rotatable bonds is 4. The minimum absolute atomic E-state index is 0.0505. The number of carbonyl (C=O) groups is 1. The van der Waals surface area contributed by atoms with Gasteiger partial charge in [0.25, 0.3) is 0 Å². The van der Waals surface area contributed by atoms with E-state index in [1.807, 2.05) is 12.1 Å². The largest absolute Gasteiger partial charge is 0.497 e. The van der Waals surface area contributed by atoms with E-state index < -0.39 is 0 Å². The molecule has 3 aromatic rings. The fraction of sp³-hybridized carbons (Fsp3) is 0.222. The van der Waals surface area contributed by atoms with Gasteiger partial charge < -0.3 is 19.5 Å². The highest BCUT2D eigenvalue weighted by Crippen LogP contribution is 2.28. The second-order valence-corrected chi connectivity index (χ2v) is 5.96. The molecule has 132 valence electrons. The van der Waals surface area contributed by atoms with Crippen molar-refractivity contribution >= 4 is 11.7 Å². The van der Waals surface area contributed by atoms with Crippen LogP contribution >= 0.6 is 0 Å². The zero-order valence-electron chi connectivity index (χ0n) is 14.1. The van der Waals surface area contributed by atoms with Crippen molar-refractivity contribution in [2.75, 3.05) is 25.5 Å². The Labute approximate surface area is 149 Å². The molecule has 2 aromatic heterocycles. The lowest BCUT2D eigenvalue weighted by Crippen LogP contribution is -2.50. The van der Waals surface area contributed by atoms with Crippen molar-refractivity contribution in [1.29, 1.82) is 0 Å². The third kappa shape index (κ3) is 3.21. The van der Waals surface area contributed by atoms with Crippen molar-refractivity contribution in [2.24, 2.45) is 0 Å². The van der Waals surface area contributed by atoms with Crippen LogP contribution in [0.1, 0.15) is 11.8 Å². The molecule has 0 radical (unpaired) electrons. The molecule has 8 heteroatoms. The van der Waals surface area contributed by atoms with Crippen molar-refractivity contribution < 1.29 is 14.1 Å². The van der Waals surface area contributed by atoms with E-state index in [0.29, 0.717) is 24.8 Å². The van der Waals surface area contributed by atoms with Crippen LogP contribution in [-0.2, 0) is 0 Å². The Morgan fingerprint density at radius 1 is 1.27 bits per heavy atom. The summed E-state index contributed by atoms with van der Waals surface area (Å²) in [5.41, 5.74) is 1.52. The van der Waals surface area contributed by atoms with Crippen molar-refractivity contribution in [3.63, 3.8) is 0 Å². The molecule has 1 saturated heterocycles. The van der Waals surface area contributed by atoms with Crippen LogP contribution in [0.3, 0.4) is 0 Å². The average molecular weight is 351 g/mol. The summed E-state index contributed by atoms with van der Waals surface area (Å²) in [6, 6.07) is 10.7. The van der Waals surface area contributed by atoms with Gasteiger partial charge in [0.2, 0.25) is 11.7 Å². The van der Waals surface area contributed by atoms with Gasteiger partial charge in [-0.05, 0) is 36.4 Å². The number of anilines is 1. The molecule has 1 aromatic carbocycles. The predicted molar refractivity (Wildman–Crippen MR) is 93.9 cm³/mol. The first-order valence-electron chi connectivity index (χ1n) is 8.17. The van der Waals surface area contributed by atoms with Crippen LogP contribution in [0.15, 0.2) is 53.3 Å². The molecule has 2 amide bonds. The third-order valence-corrected chi connectivity index (χ3v) is 4.22. The van der Waals surface area contributed by atoms with Gasteiger partial charge in [-0.3, -0.25) is 4.98 Å². The van der Waals surface area contributed by atoms with Crippen LogP contribution in [0.2, 0.25) is 0 Å². The smallest absolute Gasteiger partial charge is 0.321 e. The lowest BCUT2D eigenvalue weighted by Gasteiger charge is -2.36. The summed E-state index contributed by atoms with van der Waals surface area (Å²) in [5.74, 6) is 1.84. The molecule has 4 rings (SSSR count). The van der Waals surface area contributed by atoms with Gasteiger partial charge in [-0.1, -0.05) is 5.16 Å². The van der Waals surface area contributed by atoms with Gasteiger partial charge in [-0.2, -0.15) is 4.98 Å². The number of likely N-dealkylation sites (tertiary alicyclic amines) is 1. The van der Waals surface area contributed by atoms with Crippen molar-refractivity contribution in [1.82, 2.24) is 20.0 Å². The van der Waals surface area contributed by atoms with E-state index in [1.165, 1.54) is 0 Å². The Morgan fingerprint density at radius 2 is 2.08 bits per heavy atom. The van der Waals surface area contributed by atoms with Crippen LogP contribution < -0.4 is 10.1 Å². The summed E-state index contributed by atoms with van der Waals surface area (Å²) in [4.78, 5) is 22.4. The topological polar surface area (TPSA) is 93.4 Å². The molecule has 1 aliphatic heterocycles. The van der Waals surface area contributed by atoms with Crippen molar-refractivity contribution in [3.8, 4) is 17.1 Å². The SMILES string of the molecule is COc1ccc(NC(=O)N2CC(c3nc(-c4cccnc4)no3)C2)cc1. The van der Waals surface area contributed by atoms with Crippen LogP contribution in [0.4, 0.5) is 10.5 Å². The number of urea groups is 1. The van der Waals surface area contributed by atoms with Gasteiger partial charge in [0.15, 0.2) is 0 Å². The fourth-order valence-electron chi connectivity index (χ4n) is 2.69. The standard InChI is InChI=1S/C18H17N5O3/c1-25-15-6-4-14(5-7-15)20-18(24)23-10-13(11-23)17-21-16(22-26-17)12-3-2-8-19-9-12/h2-9,13H,10-11H2,1H3,(H,20,24). The Balaban J connectivity index is 1.33. The predicted octanol–water partition coefficient (Wildman–Crippen LogP) is 2.77. The molecule has 0 spiro atoms. The maximum atomic E-state index is 12.3. The van der Waals surface area contributed by atoms with Gasteiger partial charge >= 0.3 is 6.03 Å². The number of nitrogens with zero attached hydrogens (tertiary/aromatic N) is 4. The van der Waals surface area contributed by atoms with Gasteiger partial charge in [-0.15, -0.1) is 0 Å². The summed E-state index contributed by atoms with van der Waals surface area (Å²) in [6.45, 7) is 1.08. The minimum atomic E-state index is -0.154. The van der Waals surface area contributed by atoms with Crippen molar-refractivity contribution in [2.45, 2.75) is 5.92 Å². The van der Waals surface area contributed by atoms with Gasteiger partial charge in [0.1, 0.15) is 5.75 Å².